The van der Waals surface area contributed by atoms with E-state index in [-0.39, 0.29) is 12.5 Å². The highest BCUT2D eigenvalue weighted by Crippen LogP contribution is 2.07. The van der Waals surface area contributed by atoms with Gasteiger partial charge in [0.2, 0.25) is 0 Å². The van der Waals surface area contributed by atoms with E-state index in [0.29, 0.717) is 6.42 Å². The first-order chi connectivity index (χ1) is 4.35. The van der Waals surface area contributed by atoms with Gasteiger partial charge in [-0.2, -0.15) is 0 Å². The zero-order valence-corrected chi connectivity index (χ0v) is 5.84. The zero-order chi connectivity index (χ0) is 7.11. The van der Waals surface area contributed by atoms with Crippen molar-refractivity contribution in [1.29, 1.82) is 0 Å². The molecule has 0 aromatic carbocycles. The van der Waals surface area contributed by atoms with Crippen LogP contribution in [0.25, 0.3) is 0 Å². The van der Waals surface area contributed by atoms with Crippen LogP contribution in [-0.4, -0.2) is 18.0 Å². The quantitative estimate of drug-likeness (QED) is 0.563. The van der Waals surface area contributed by atoms with Crippen LogP contribution in [0.4, 0.5) is 0 Å². The molecule has 0 bridgehead atoms. The summed E-state index contributed by atoms with van der Waals surface area (Å²) in [4.78, 5) is 9.94. The monoisotopic (exact) mass is 130 g/mol. The first-order valence-electron chi connectivity index (χ1n) is 3.39. The molecule has 0 fully saturated rings. The number of hydrogen-bond donors (Lipinski definition) is 1. The molecule has 0 aliphatic heterocycles. The molecule has 1 atom stereocenters. The summed E-state index contributed by atoms with van der Waals surface area (Å²) in [5, 5.41) is 8.63. The van der Waals surface area contributed by atoms with Crippen molar-refractivity contribution >= 4 is 6.29 Å². The molecule has 0 unspecified atom stereocenters. The Morgan fingerprint density at radius 3 is 2.67 bits per heavy atom. The summed E-state index contributed by atoms with van der Waals surface area (Å²) in [6, 6.07) is 0. The number of hydrogen-bond acceptors (Lipinski definition) is 2. The molecule has 0 amide bonds. The molecule has 0 aromatic rings. The lowest BCUT2D eigenvalue weighted by Gasteiger charge is -2.06. The van der Waals surface area contributed by atoms with Crippen molar-refractivity contribution < 1.29 is 9.90 Å². The lowest BCUT2D eigenvalue weighted by atomic mass is 10.0. The number of carbonyl (C=O) groups excluding carboxylic acids is 1. The Labute approximate surface area is 55.9 Å². The van der Waals surface area contributed by atoms with Crippen molar-refractivity contribution in [2.24, 2.45) is 5.92 Å². The van der Waals surface area contributed by atoms with E-state index in [0.717, 1.165) is 19.1 Å². The molecule has 9 heavy (non-hydrogen) atoms. The van der Waals surface area contributed by atoms with Gasteiger partial charge in [0, 0.05) is 13.0 Å². The standard InChI is InChI=1S/C7H14O2/c1-2-3-7(6-9)4-5-8/h5,7,9H,2-4,6H2,1H3/t7-/m1/s1. The van der Waals surface area contributed by atoms with E-state index < -0.39 is 0 Å². The van der Waals surface area contributed by atoms with Gasteiger partial charge in [-0.05, 0) is 12.3 Å². The fourth-order valence-corrected chi connectivity index (χ4v) is 0.828. The SMILES string of the molecule is CCC[C@@H](CO)CC=O. The van der Waals surface area contributed by atoms with Gasteiger partial charge >= 0.3 is 0 Å². The lowest BCUT2D eigenvalue weighted by Crippen LogP contribution is -2.05. The minimum Gasteiger partial charge on any atom is -0.396 e. The molecule has 2 heteroatoms. The van der Waals surface area contributed by atoms with Crippen LogP contribution in [0.5, 0.6) is 0 Å². The smallest absolute Gasteiger partial charge is 0.120 e. The van der Waals surface area contributed by atoms with Gasteiger partial charge < -0.3 is 9.90 Å². The van der Waals surface area contributed by atoms with Gasteiger partial charge in [0.05, 0.1) is 0 Å². The largest absolute Gasteiger partial charge is 0.396 e. The van der Waals surface area contributed by atoms with E-state index in [1.807, 2.05) is 6.92 Å². The number of aliphatic hydroxyl groups is 1. The van der Waals surface area contributed by atoms with Gasteiger partial charge in [-0.1, -0.05) is 13.3 Å². The molecule has 0 rings (SSSR count). The van der Waals surface area contributed by atoms with Crippen LogP contribution in [0.3, 0.4) is 0 Å². The third-order valence-electron chi connectivity index (χ3n) is 1.38. The molecule has 0 saturated heterocycles. The van der Waals surface area contributed by atoms with E-state index in [1.165, 1.54) is 0 Å². The average molecular weight is 130 g/mol. The molecular weight excluding hydrogens is 116 g/mol. The molecular formula is C7H14O2. The van der Waals surface area contributed by atoms with Crippen LogP contribution in [-0.2, 0) is 4.79 Å². The van der Waals surface area contributed by atoms with Crippen LogP contribution >= 0.6 is 0 Å². The lowest BCUT2D eigenvalue weighted by molar-refractivity contribution is -0.109. The van der Waals surface area contributed by atoms with Gasteiger partial charge in [-0.15, -0.1) is 0 Å². The summed E-state index contributed by atoms with van der Waals surface area (Å²) in [7, 11) is 0. The van der Waals surface area contributed by atoms with Crippen LogP contribution in [0, 0.1) is 5.92 Å². The van der Waals surface area contributed by atoms with Crippen LogP contribution < -0.4 is 0 Å². The van der Waals surface area contributed by atoms with Gasteiger partial charge in [-0.25, -0.2) is 0 Å². The van der Waals surface area contributed by atoms with Crippen LogP contribution in [0.1, 0.15) is 26.2 Å². The number of aldehydes is 1. The number of carbonyl (C=O) groups is 1. The van der Waals surface area contributed by atoms with Crippen molar-refractivity contribution in [3.63, 3.8) is 0 Å². The first-order valence-corrected chi connectivity index (χ1v) is 3.39. The third kappa shape index (κ3) is 4.15. The highest BCUT2D eigenvalue weighted by Gasteiger charge is 2.03. The second kappa shape index (κ2) is 5.76. The molecule has 2 nitrogen and oxygen atoms in total. The van der Waals surface area contributed by atoms with Gasteiger partial charge in [0.1, 0.15) is 6.29 Å². The fraction of sp³-hybridized carbons (Fsp3) is 0.857. The summed E-state index contributed by atoms with van der Waals surface area (Å²) < 4.78 is 0. The zero-order valence-electron chi connectivity index (χ0n) is 5.84. The maximum atomic E-state index is 9.94. The molecule has 0 spiro atoms. The summed E-state index contributed by atoms with van der Waals surface area (Å²) in [5.74, 6) is 0.201. The van der Waals surface area contributed by atoms with Crippen molar-refractivity contribution in [2.75, 3.05) is 6.61 Å². The Morgan fingerprint density at radius 2 is 2.33 bits per heavy atom. The molecule has 54 valence electrons. The van der Waals surface area contributed by atoms with Crippen molar-refractivity contribution in [3.05, 3.63) is 0 Å². The molecule has 0 radical (unpaired) electrons. The Kier molecular flexibility index (Phi) is 5.52. The molecule has 0 aliphatic rings. The normalized spacial score (nSPS) is 13.1. The minimum atomic E-state index is 0.145. The number of aliphatic hydroxyl groups excluding tert-OH is 1. The minimum absolute atomic E-state index is 0.145. The second-order valence-corrected chi connectivity index (χ2v) is 2.24. The summed E-state index contributed by atoms with van der Waals surface area (Å²) >= 11 is 0. The van der Waals surface area contributed by atoms with E-state index >= 15 is 0 Å². The van der Waals surface area contributed by atoms with E-state index in [2.05, 4.69) is 0 Å². The highest BCUT2D eigenvalue weighted by atomic mass is 16.3. The fourth-order valence-electron chi connectivity index (χ4n) is 0.828. The predicted octanol–water partition coefficient (Wildman–Crippen LogP) is 0.984. The average Bonchev–Trinajstić information content (AvgIpc) is 1.88. The molecule has 0 aromatic heterocycles. The Bertz CT molecular complexity index is 71.3. The van der Waals surface area contributed by atoms with E-state index in [4.69, 9.17) is 5.11 Å². The predicted molar refractivity (Wildman–Crippen MR) is 36.2 cm³/mol. The van der Waals surface area contributed by atoms with Gasteiger partial charge in [0.25, 0.3) is 0 Å². The summed E-state index contributed by atoms with van der Waals surface area (Å²) in [6.07, 6.45) is 3.37. The maximum Gasteiger partial charge on any atom is 0.120 e. The second-order valence-electron chi connectivity index (χ2n) is 2.24. The Hall–Kier alpha value is -0.370. The van der Waals surface area contributed by atoms with Crippen LogP contribution in [0.2, 0.25) is 0 Å². The summed E-state index contributed by atoms with van der Waals surface area (Å²) in [6.45, 7) is 2.19. The Morgan fingerprint density at radius 1 is 1.67 bits per heavy atom. The van der Waals surface area contributed by atoms with E-state index in [1.54, 1.807) is 0 Å². The molecule has 1 N–H and O–H groups in total. The van der Waals surface area contributed by atoms with Gasteiger partial charge in [0.15, 0.2) is 0 Å². The highest BCUT2D eigenvalue weighted by molar-refractivity contribution is 5.49. The molecule has 0 saturated carbocycles. The topological polar surface area (TPSA) is 37.3 Å². The molecule has 0 heterocycles. The van der Waals surface area contributed by atoms with Gasteiger partial charge in [-0.3, -0.25) is 0 Å². The van der Waals surface area contributed by atoms with Crippen molar-refractivity contribution in [1.82, 2.24) is 0 Å². The molecule has 0 aliphatic carbocycles. The maximum absolute atomic E-state index is 9.94. The van der Waals surface area contributed by atoms with Crippen molar-refractivity contribution in [3.8, 4) is 0 Å². The van der Waals surface area contributed by atoms with E-state index in [9.17, 15) is 4.79 Å². The van der Waals surface area contributed by atoms with Crippen molar-refractivity contribution in [2.45, 2.75) is 26.2 Å². The van der Waals surface area contributed by atoms with Crippen LogP contribution in [0.15, 0.2) is 0 Å². The third-order valence-corrected chi connectivity index (χ3v) is 1.38. The number of rotatable bonds is 5. The Balaban J connectivity index is 3.28. The first kappa shape index (κ1) is 8.63. The summed E-state index contributed by atoms with van der Waals surface area (Å²) in [5.41, 5.74) is 0.